The lowest BCUT2D eigenvalue weighted by atomic mass is 10.1. The fourth-order valence-electron chi connectivity index (χ4n) is 1.89. The maximum absolute atomic E-state index is 11.7. The van der Waals surface area contributed by atoms with E-state index in [0.717, 1.165) is 0 Å². The number of carbonyl (C=O) groups excluding carboxylic acids is 1. The third-order valence-corrected chi connectivity index (χ3v) is 3.29. The number of fused-ring (bicyclic) bond motifs is 1. The molecule has 2 rings (SSSR count). The predicted molar refractivity (Wildman–Crippen MR) is 80.7 cm³/mol. The van der Waals surface area contributed by atoms with Gasteiger partial charge in [-0.05, 0) is 5.92 Å². The Hall–Kier alpha value is -2.30. The quantitative estimate of drug-likeness (QED) is 0.370. The zero-order valence-electron chi connectivity index (χ0n) is 12.9. The maximum atomic E-state index is 11.7. The Kier molecular flexibility index (Phi) is 4.78. The van der Waals surface area contributed by atoms with Crippen molar-refractivity contribution in [2.75, 3.05) is 12.3 Å². The minimum absolute atomic E-state index is 0.119. The van der Waals surface area contributed by atoms with Crippen LogP contribution in [0.4, 0.5) is 5.82 Å². The van der Waals surface area contributed by atoms with E-state index in [1.807, 2.05) is 0 Å². The van der Waals surface area contributed by atoms with Crippen molar-refractivity contribution in [3.63, 3.8) is 0 Å². The molecule has 0 aromatic carbocycles. The Balaban J connectivity index is 2.05. The number of nitrogens with two attached hydrogens (primary N) is 2. The molecule has 1 atom stereocenters. The molecule has 0 unspecified atom stereocenters. The lowest BCUT2D eigenvalue weighted by Crippen LogP contribution is -2.43. The number of esters is 1. The minimum Gasteiger partial charge on any atom is -0.459 e. The van der Waals surface area contributed by atoms with E-state index >= 15 is 0 Å². The second-order valence-electron chi connectivity index (χ2n) is 5.66. The second-order valence-corrected chi connectivity index (χ2v) is 5.66. The molecule has 0 bridgehead atoms. The van der Waals surface area contributed by atoms with Gasteiger partial charge in [-0.25, -0.2) is 15.0 Å². The van der Waals surface area contributed by atoms with Crippen LogP contribution >= 0.6 is 0 Å². The van der Waals surface area contributed by atoms with E-state index in [-0.39, 0.29) is 18.3 Å². The van der Waals surface area contributed by atoms with Crippen LogP contribution in [0.15, 0.2) is 12.7 Å². The molecule has 0 aliphatic heterocycles. The van der Waals surface area contributed by atoms with Crippen molar-refractivity contribution in [3.8, 4) is 0 Å². The zero-order valence-corrected chi connectivity index (χ0v) is 12.9. The van der Waals surface area contributed by atoms with Crippen LogP contribution in [-0.4, -0.2) is 54.1 Å². The summed E-state index contributed by atoms with van der Waals surface area (Å²) in [5.41, 5.74) is 12.0. The lowest BCUT2D eigenvalue weighted by Gasteiger charge is -2.23. The van der Waals surface area contributed by atoms with Gasteiger partial charge in [0.2, 0.25) is 5.79 Å². The molecule has 0 aliphatic rings. The monoisotopic (exact) mass is 324 g/mol. The fraction of sp³-hybridized carbons (Fsp3) is 0.538. The van der Waals surface area contributed by atoms with Crippen LogP contribution in [-0.2, 0) is 16.1 Å². The number of aromatic nitrogens is 4. The van der Waals surface area contributed by atoms with E-state index in [4.69, 9.17) is 16.2 Å². The van der Waals surface area contributed by atoms with Gasteiger partial charge in [-0.2, -0.15) is 0 Å². The smallest absolute Gasteiger partial charge is 0.323 e. The Morgan fingerprint density at radius 3 is 2.74 bits per heavy atom. The number of nitrogens with zero attached hydrogens (tertiary/aromatic N) is 4. The molecule has 0 fully saturated rings. The Labute approximate surface area is 132 Å². The van der Waals surface area contributed by atoms with Gasteiger partial charge in [0.1, 0.15) is 24.5 Å². The Bertz CT molecular complexity index is 699. The van der Waals surface area contributed by atoms with Gasteiger partial charge in [0.25, 0.3) is 0 Å². The summed E-state index contributed by atoms with van der Waals surface area (Å²) >= 11 is 0. The molecule has 10 nitrogen and oxygen atoms in total. The number of hydrogen-bond donors (Lipinski definition) is 4. The van der Waals surface area contributed by atoms with Gasteiger partial charge in [-0.1, -0.05) is 13.8 Å². The first-order valence-corrected chi connectivity index (χ1v) is 6.99. The fourth-order valence-corrected chi connectivity index (χ4v) is 1.89. The van der Waals surface area contributed by atoms with Gasteiger partial charge in [0.15, 0.2) is 11.5 Å². The molecule has 2 aromatic rings. The molecule has 0 saturated heterocycles. The molecule has 0 amide bonds. The van der Waals surface area contributed by atoms with Gasteiger partial charge in [0.05, 0.1) is 12.9 Å². The second kappa shape index (κ2) is 6.44. The summed E-state index contributed by atoms with van der Waals surface area (Å²) in [5, 5.41) is 20.0. The van der Waals surface area contributed by atoms with Gasteiger partial charge in [0, 0.05) is 0 Å². The SMILES string of the molecule is CC(C)[C@H](N)C(=O)OCC(O)(O)Cn1cnc2c(N)ncnc21. The van der Waals surface area contributed by atoms with E-state index in [2.05, 4.69) is 15.0 Å². The van der Waals surface area contributed by atoms with Crippen LogP contribution in [0.3, 0.4) is 0 Å². The van der Waals surface area contributed by atoms with E-state index in [9.17, 15) is 15.0 Å². The molecule has 6 N–H and O–H groups in total. The maximum Gasteiger partial charge on any atom is 0.323 e. The van der Waals surface area contributed by atoms with Crippen molar-refractivity contribution >= 4 is 23.0 Å². The first kappa shape index (κ1) is 17.1. The highest BCUT2D eigenvalue weighted by molar-refractivity contribution is 5.81. The molecule has 0 spiro atoms. The number of anilines is 1. The third-order valence-electron chi connectivity index (χ3n) is 3.29. The molecular formula is C13H20N6O4. The molecule has 23 heavy (non-hydrogen) atoms. The van der Waals surface area contributed by atoms with E-state index in [0.29, 0.717) is 11.2 Å². The van der Waals surface area contributed by atoms with Crippen molar-refractivity contribution in [2.24, 2.45) is 11.7 Å². The Morgan fingerprint density at radius 1 is 1.39 bits per heavy atom. The summed E-state index contributed by atoms with van der Waals surface area (Å²) in [6, 6.07) is -0.826. The standard InChI is InChI=1S/C13H20N6O4/c1-7(2)8(14)12(20)23-4-13(21,22)3-19-6-18-9-10(15)16-5-17-11(9)19/h5-8,21-22H,3-4,14H2,1-2H3,(H2,15,16,17)/t8-/m0/s1. The summed E-state index contributed by atoms with van der Waals surface area (Å²) in [6.45, 7) is 2.58. The van der Waals surface area contributed by atoms with Crippen molar-refractivity contribution in [1.82, 2.24) is 19.5 Å². The highest BCUT2D eigenvalue weighted by Crippen LogP contribution is 2.16. The van der Waals surface area contributed by atoms with Gasteiger partial charge in [-0.3, -0.25) is 4.79 Å². The molecule has 2 heterocycles. The van der Waals surface area contributed by atoms with Crippen LogP contribution in [0.2, 0.25) is 0 Å². The van der Waals surface area contributed by atoms with E-state index < -0.39 is 24.4 Å². The van der Waals surface area contributed by atoms with Crippen molar-refractivity contribution in [1.29, 1.82) is 0 Å². The molecule has 0 radical (unpaired) electrons. The largest absolute Gasteiger partial charge is 0.459 e. The summed E-state index contributed by atoms with van der Waals surface area (Å²) < 4.78 is 6.24. The molecule has 0 saturated carbocycles. The number of rotatable bonds is 6. The summed E-state index contributed by atoms with van der Waals surface area (Å²) in [5.74, 6) is -2.94. The van der Waals surface area contributed by atoms with Gasteiger partial charge >= 0.3 is 5.97 Å². The Morgan fingerprint density at radius 2 is 2.09 bits per heavy atom. The number of hydrogen-bond acceptors (Lipinski definition) is 9. The number of carbonyl (C=O) groups is 1. The average molecular weight is 324 g/mol. The molecule has 0 aliphatic carbocycles. The number of ether oxygens (including phenoxy) is 1. The predicted octanol–water partition coefficient (Wildman–Crippen LogP) is -1.38. The zero-order chi connectivity index (χ0) is 17.2. The first-order chi connectivity index (χ1) is 10.7. The van der Waals surface area contributed by atoms with Crippen molar-refractivity contribution < 1.29 is 19.7 Å². The number of imidazole rings is 1. The van der Waals surface area contributed by atoms with Crippen LogP contribution < -0.4 is 11.5 Å². The van der Waals surface area contributed by atoms with Crippen molar-refractivity contribution in [3.05, 3.63) is 12.7 Å². The van der Waals surface area contributed by atoms with Crippen LogP contribution in [0.5, 0.6) is 0 Å². The normalized spacial score (nSPS) is 13.5. The summed E-state index contributed by atoms with van der Waals surface area (Å²) in [4.78, 5) is 23.5. The summed E-state index contributed by atoms with van der Waals surface area (Å²) in [7, 11) is 0. The minimum atomic E-state index is -2.31. The highest BCUT2D eigenvalue weighted by atomic mass is 16.6. The highest BCUT2D eigenvalue weighted by Gasteiger charge is 2.29. The average Bonchev–Trinajstić information content (AvgIpc) is 2.88. The molecular weight excluding hydrogens is 304 g/mol. The molecule has 126 valence electrons. The number of nitrogen functional groups attached to an aromatic ring is 1. The van der Waals surface area contributed by atoms with Crippen LogP contribution in [0, 0.1) is 5.92 Å². The molecule has 10 heteroatoms. The number of aliphatic hydroxyl groups is 2. The first-order valence-electron chi connectivity index (χ1n) is 6.99. The van der Waals surface area contributed by atoms with Crippen LogP contribution in [0.25, 0.3) is 11.2 Å². The van der Waals surface area contributed by atoms with E-state index in [1.165, 1.54) is 17.2 Å². The van der Waals surface area contributed by atoms with Gasteiger partial charge in [-0.15, -0.1) is 0 Å². The van der Waals surface area contributed by atoms with Crippen LogP contribution in [0.1, 0.15) is 13.8 Å². The topological polar surface area (TPSA) is 162 Å². The third kappa shape index (κ3) is 3.92. The summed E-state index contributed by atoms with van der Waals surface area (Å²) in [6.07, 6.45) is 2.59. The van der Waals surface area contributed by atoms with Gasteiger partial charge < -0.3 is 31.0 Å². The lowest BCUT2D eigenvalue weighted by molar-refractivity contribution is -0.209. The van der Waals surface area contributed by atoms with Crippen molar-refractivity contribution in [2.45, 2.75) is 32.2 Å². The van der Waals surface area contributed by atoms with E-state index in [1.54, 1.807) is 13.8 Å². The molecule has 2 aromatic heterocycles.